The molecule has 2 N–H and O–H groups in total. The van der Waals surface area contributed by atoms with E-state index in [0.29, 0.717) is 6.67 Å². The van der Waals surface area contributed by atoms with Crippen LogP contribution in [0.4, 0.5) is 0 Å². The lowest BCUT2D eigenvalue weighted by atomic mass is 10.2. The molecule has 0 saturated heterocycles. The fourth-order valence-electron chi connectivity index (χ4n) is 1.85. The van der Waals surface area contributed by atoms with E-state index in [1.54, 1.807) is 4.68 Å². The van der Waals surface area contributed by atoms with Gasteiger partial charge in [-0.05, 0) is 38.7 Å². The van der Waals surface area contributed by atoms with Crippen molar-refractivity contribution >= 4 is 11.0 Å². The molecular formula is C12H20N5O+. The Hall–Kier alpha value is -1.66. The second kappa shape index (κ2) is 5.32. The van der Waals surface area contributed by atoms with Crippen LogP contribution in [0.25, 0.3) is 11.0 Å². The molecule has 0 fully saturated rings. The van der Waals surface area contributed by atoms with Crippen molar-refractivity contribution in [1.82, 2.24) is 20.0 Å². The summed E-state index contributed by atoms with van der Waals surface area (Å²) >= 11 is 0. The van der Waals surface area contributed by atoms with Crippen molar-refractivity contribution in [2.75, 3.05) is 27.2 Å². The number of benzene rings is 1. The van der Waals surface area contributed by atoms with Crippen molar-refractivity contribution in [2.24, 2.45) is 0 Å². The molecule has 0 amide bonds. The SMILES string of the molecule is Cc1ccc2[nH][n+](=O)n(CNCCN(C)C)c2c1. The molecule has 18 heavy (non-hydrogen) atoms. The van der Waals surface area contributed by atoms with E-state index in [2.05, 4.69) is 15.3 Å². The molecule has 0 radical (unpaired) electrons. The molecule has 98 valence electrons. The predicted molar refractivity (Wildman–Crippen MR) is 70.9 cm³/mol. The van der Waals surface area contributed by atoms with Crippen molar-refractivity contribution in [3.05, 3.63) is 28.7 Å². The molecular weight excluding hydrogens is 230 g/mol. The van der Waals surface area contributed by atoms with Crippen LogP contribution < -0.4 is 9.97 Å². The maximum atomic E-state index is 11.8. The van der Waals surface area contributed by atoms with Crippen LogP contribution in [0, 0.1) is 11.8 Å². The van der Waals surface area contributed by atoms with Gasteiger partial charge in [-0.1, -0.05) is 15.8 Å². The van der Waals surface area contributed by atoms with E-state index in [-0.39, 0.29) is 0 Å². The minimum atomic E-state index is 0.501. The summed E-state index contributed by atoms with van der Waals surface area (Å²) in [7, 11) is 4.05. The topological polar surface area (TPSA) is 59.0 Å². The van der Waals surface area contributed by atoms with Crippen molar-refractivity contribution in [1.29, 1.82) is 0 Å². The van der Waals surface area contributed by atoms with Crippen LogP contribution in [0.5, 0.6) is 0 Å². The summed E-state index contributed by atoms with van der Waals surface area (Å²) in [5.41, 5.74) is 2.91. The maximum Gasteiger partial charge on any atom is 0.259 e. The zero-order valence-corrected chi connectivity index (χ0v) is 11.1. The maximum absolute atomic E-state index is 11.8. The van der Waals surface area contributed by atoms with E-state index in [1.807, 2.05) is 39.2 Å². The zero-order valence-electron chi connectivity index (χ0n) is 11.1. The van der Waals surface area contributed by atoms with Crippen molar-refractivity contribution in [2.45, 2.75) is 13.6 Å². The van der Waals surface area contributed by atoms with Crippen molar-refractivity contribution in [3.8, 4) is 0 Å². The van der Waals surface area contributed by atoms with Gasteiger partial charge in [-0.2, -0.15) is 0 Å². The highest BCUT2D eigenvalue weighted by molar-refractivity contribution is 5.74. The number of aromatic nitrogens is 3. The van der Waals surface area contributed by atoms with Gasteiger partial charge in [-0.3, -0.25) is 5.32 Å². The normalized spacial score (nSPS) is 11.6. The molecule has 0 aliphatic heterocycles. The average molecular weight is 250 g/mol. The predicted octanol–water partition coefficient (Wildman–Crippen LogP) is 0.301. The summed E-state index contributed by atoms with van der Waals surface area (Å²) in [4.78, 5) is 13.9. The van der Waals surface area contributed by atoms with Crippen LogP contribution in [0.2, 0.25) is 0 Å². The van der Waals surface area contributed by atoms with Gasteiger partial charge in [0, 0.05) is 13.1 Å². The van der Waals surface area contributed by atoms with Crippen molar-refractivity contribution < 1.29 is 4.66 Å². The number of nitrogens with zero attached hydrogens (tertiary/aromatic N) is 3. The fraction of sp³-hybridized carbons (Fsp3) is 0.500. The standard InChI is InChI=1S/C12H20N5O/c1-10-4-5-11-12(8-10)16(17(18)14-11)9-13-6-7-15(2)3/h4-5,8,13H,6-7,9H2,1-3H3,(H,14,18)/q+1. The molecule has 1 aromatic heterocycles. The van der Waals surface area contributed by atoms with Gasteiger partial charge in [0.1, 0.15) is 17.7 Å². The van der Waals surface area contributed by atoms with E-state index >= 15 is 0 Å². The lowest BCUT2D eigenvalue weighted by Gasteiger charge is -2.08. The quantitative estimate of drug-likeness (QED) is 0.593. The Morgan fingerprint density at radius 2 is 2.22 bits per heavy atom. The summed E-state index contributed by atoms with van der Waals surface area (Å²) in [6.07, 6.45) is 0. The summed E-state index contributed by atoms with van der Waals surface area (Å²) in [5.74, 6) is 0. The van der Waals surface area contributed by atoms with Crippen LogP contribution in [-0.2, 0) is 6.67 Å². The number of aryl methyl sites for hydroxylation is 1. The Morgan fingerprint density at radius 3 is 2.94 bits per heavy atom. The highest BCUT2D eigenvalue weighted by atomic mass is 16.3. The summed E-state index contributed by atoms with van der Waals surface area (Å²) in [5, 5.41) is 6.03. The van der Waals surface area contributed by atoms with E-state index < -0.39 is 0 Å². The average Bonchev–Trinajstić information content (AvgIpc) is 2.60. The molecule has 0 bridgehead atoms. The summed E-state index contributed by atoms with van der Waals surface area (Å²) in [6, 6.07) is 5.92. The minimum absolute atomic E-state index is 0.501. The Morgan fingerprint density at radius 1 is 1.44 bits per heavy atom. The minimum Gasteiger partial charge on any atom is -0.308 e. The molecule has 0 aliphatic rings. The van der Waals surface area contributed by atoms with Crippen LogP contribution in [-0.4, -0.2) is 41.9 Å². The van der Waals surface area contributed by atoms with Crippen LogP contribution in [0.15, 0.2) is 18.2 Å². The first-order valence-corrected chi connectivity index (χ1v) is 6.05. The molecule has 6 heteroatoms. The van der Waals surface area contributed by atoms with Gasteiger partial charge in [0.2, 0.25) is 0 Å². The number of likely N-dealkylation sites (N-methyl/N-ethyl adjacent to an activating group) is 1. The molecule has 0 atom stereocenters. The van der Waals surface area contributed by atoms with E-state index in [1.165, 1.54) is 0 Å². The molecule has 2 aromatic rings. The Labute approximate surface area is 106 Å². The van der Waals surface area contributed by atoms with Gasteiger partial charge in [-0.15, -0.1) is 0 Å². The van der Waals surface area contributed by atoms with Crippen LogP contribution in [0.1, 0.15) is 5.56 Å². The van der Waals surface area contributed by atoms with E-state index in [0.717, 1.165) is 34.3 Å². The van der Waals surface area contributed by atoms with Crippen LogP contribution >= 0.6 is 0 Å². The second-order valence-electron chi connectivity index (χ2n) is 4.77. The second-order valence-corrected chi connectivity index (χ2v) is 4.77. The molecule has 0 aliphatic carbocycles. The largest absolute Gasteiger partial charge is 0.308 e. The first-order chi connectivity index (χ1) is 8.58. The number of aromatic amines is 1. The molecule has 0 unspecified atom stereocenters. The number of hydrogen-bond donors (Lipinski definition) is 2. The summed E-state index contributed by atoms with van der Waals surface area (Å²) in [6.45, 7) is 4.31. The highest BCUT2D eigenvalue weighted by Gasteiger charge is 2.13. The van der Waals surface area contributed by atoms with Gasteiger partial charge in [0.15, 0.2) is 0 Å². The fourth-order valence-corrected chi connectivity index (χ4v) is 1.85. The molecule has 1 aromatic carbocycles. The van der Waals surface area contributed by atoms with Gasteiger partial charge < -0.3 is 4.90 Å². The molecule has 0 saturated carbocycles. The lowest BCUT2D eigenvalue weighted by Crippen LogP contribution is -2.36. The van der Waals surface area contributed by atoms with Crippen LogP contribution in [0.3, 0.4) is 0 Å². The molecule has 6 nitrogen and oxygen atoms in total. The van der Waals surface area contributed by atoms with Gasteiger partial charge >= 0.3 is 0 Å². The highest BCUT2D eigenvalue weighted by Crippen LogP contribution is 2.10. The van der Waals surface area contributed by atoms with E-state index in [9.17, 15) is 4.91 Å². The number of fused-ring (bicyclic) bond motifs is 1. The Bertz CT molecular complexity index is 584. The van der Waals surface area contributed by atoms with Gasteiger partial charge in [0.25, 0.3) is 4.66 Å². The molecule has 2 rings (SSSR count). The van der Waals surface area contributed by atoms with Gasteiger partial charge in [-0.25, -0.2) is 0 Å². The molecule has 0 spiro atoms. The Balaban J connectivity index is 2.14. The first kappa shape index (κ1) is 12.8. The third-order valence-corrected chi connectivity index (χ3v) is 2.86. The number of rotatable bonds is 5. The zero-order chi connectivity index (χ0) is 13.1. The number of hydrogen-bond acceptors (Lipinski definition) is 3. The monoisotopic (exact) mass is 250 g/mol. The third-order valence-electron chi connectivity index (χ3n) is 2.86. The first-order valence-electron chi connectivity index (χ1n) is 6.05. The number of nitrogens with one attached hydrogen (secondary N) is 2. The van der Waals surface area contributed by atoms with E-state index in [4.69, 9.17) is 0 Å². The number of H-pyrrole nitrogens is 1. The van der Waals surface area contributed by atoms with Crippen molar-refractivity contribution in [3.63, 3.8) is 0 Å². The smallest absolute Gasteiger partial charge is 0.259 e. The third kappa shape index (κ3) is 2.77. The summed E-state index contributed by atoms with van der Waals surface area (Å²) < 4.78 is 2.42. The van der Waals surface area contributed by atoms with Gasteiger partial charge in [0.05, 0.1) is 4.91 Å². The lowest BCUT2D eigenvalue weighted by molar-refractivity contribution is -0.649. The molecule has 1 heterocycles. The Kier molecular flexibility index (Phi) is 3.78.